The van der Waals surface area contributed by atoms with Gasteiger partial charge < -0.3 is 9.80 Å². The van der Waals surface area contributed by atoms with Crippen LogP contribution in [0, 0.1) is 23.3 Å². The van der Waals surface area contributed by atoms with Crippen LogP contribution in [0.15, 0.2) is 49.2 Å². The van der Waals surface area contributed by atoms with E-state index < -0.39 is 28.8 Å². The second kappa shape index (κ2) is 7.78. The van der Waals surface area contributed by atoms with Crippen molar-refractivity contribution in [2.45, 2.75) is 0 Å². The van der Waals surface area contributed by atoms with Gasteiger partial charge in [0.2, 0.25) is 5.91 Å². The molecule has 2 heterocycles. The van der Waals surface area contributed by atoms with Gasteiger partial charge in [0, 0.05) is 55.1 Å². The van der Waals surface area contributed by atoms with Gasteiger partial charge in [0.1, 0.15) is 23.0 Å². The highest BCUT2D eigenvalue weighted by atomic mass is 19.1. The number of halogens is 4. The van der Waals surface area contributed by atoms with Gasteiger partial charge in [-0.3, -0.25) is 9.78 Å². The normalized spacial score (nSPS) is 14.3. The van der Waals surface area contributed by atoms with Gasteiger partial charge in [0.15, 0.2) is 5.82 Å². The van der Waals surface area contributed by atoms with Gasteiger partial charge in [-0.25, -0.2) is 17.6 Å². The number of anilines is 1. The Morgan fingerprint density at radius 2 is 1.73 bits per heavy atom. The van der Waals surface area contributed by atoms with Crippen molar-refractivity contribution in [3.63, 3.8) is 0 Å². The Morgan fingerprint density at radius 3 is 2.40 bits per heavy atom. The monoisotopic (exact) mass is 415 g/mol. The molecule has 1 amide bonds. The van der Waals surface area contributed by atoms with E-state index in [1.165, 1.54) is 12.3 Å². The smallest absolute Gasteiger partial charge is 0.246 e. The summed E-state index contributed by atoms with van der Waals surface area (Å²) in [5, 5.41) is 0.238. The SMILES string of the molecule is C=CC(=O)N1CCN(c2ccnc3c(F)c(-c4ccc(F)cc4F)c(F)cc23)CC1. The third-order valence-corrected chi connectivity index (χ3v) is 5.21. The summed E-state index contributed by atoms with van der Waals surface area (Å²) < 4.78 is 57.5. The predicted molar refractivity (Wildman–Crippen MR) is 106 cm³/mol. The summed E-state index contributed by atoms with van der Waals surface area (Å²) in [6, 6.07) is 5.27. The van der Waals surface area contributed by atoms with E-state index in [1.54, 1.807) is 11.0 Å². The molecule has 4 nitrogen and oxygen atoms in total. The Labute approximate surface area is 170 Å². The van der Waals surface area contributed by atoms with Crippen LogP contribution in [0.3, 0.4) is 0 Å². The Bertz CT molecular complexity index is 1160. The molecular weight excluding hydrogens is 398 g/mol. The molecule has 154 valence electrons. The van der Waals surface area contributed by atoms with E-state index in [4.69, 9.17) is 0 Å². The van der Waals surface area contributed by atoms with Crippen molar-refractivity contribution in [1.29, 1.82) is 0 Å². The van der Waals surface area contributed by atoms with E-state index in [-0.39, 0.29) is 22.4 Å². The fourth-order valence-electron chi connectivity index (χ4n) is 3.71. The number of benzene rings is 2. The zero-order valence-electron chi connectivity index (χ0n) is 15.8. The molecule has 4 rings (SSSR count). The molecule has 0 radical (unpaired) electrons. The molecule has 2 aromatic carbocycles. The number of aromatic nitrogens is 1. The lowest BCUT2D eigenvalue weighted by molar-refractivity contribution is -0.126. The second-order valence-corrected chi connectivity index (χ2v) is 6.91. The van der Waals surface area contributed by atoms with Crippen molar-refractivity contribution in [3.8, 4) is 11.1 Å². The summed E-state index contributed by atoms with van der Waals surface area (Å²) in [6.07, 6.45) is 2.64. The van der Waals surface area contributed by atoms with Crippen LogP contribution >= 0.6 is 0 Å². The van der Waals surface area contributed by atoms with Crippen molar-refractivity contribution >= 4 is 22.5 Å². The molecular formula is C22H17F4N3O. The Morgan fingerprint density at radius 1 is 1.00 bits per heavy atom. The zero-order valence-corrected chi connectivity index (χ0v) is 15.8. The maximum Gasteiger partial charge on any atom is 0.246 e. The van der Waals surface area contributed by atoms with Gasteiger partial charge in [-0.1, -0.05) is 6.58 Å². The lowest BCUT2D eigenvalue weighted by atomic mass is 10.00. The largest absolute Gasteiger partial charge is 0.367 e. The van der Waals surface area contributed by atoms with Gasteiger partial charge >= 0.3 is 0 Å². The number of carbonyl (C=O) groups excluding carboxylic acids is 1. The van der Waals surface area contributed by atoms with Crippen LogP contribution in [0.4, 0.5) is 23.2 Å². The van der Waals surface area contributed by atoms with Gasteiger partial charge in [0.05, 0.1) is 5.56 Å². The first-order valence-electron chi connectivity index (χ1n) is 9.29. The van der Waals surface area contributed by atoms with Gasteiger partial charge in [-0.15, -0.1) is 0 Å². The van der Waals surface area contributed by atoms with E-state index in [2.05, 4.69) is 11.6 Å². The van der Waals surface area contributed by atoms with Gasteiger partial charge in [-0.2, -0.15) is 0 Å². The number of rotatable bonds is 3. The molecule has 3 aromatic rings. The lowest BCUT2D eigenvalue weighted by Crippen LogP contribution is -2.48. The summed E-state index contributed by atoms with van der Waals surface area (Å²) in [6.45, 7) is 5.30. The van der Waals surface area contributed by atoms with E-state index >= 15 is 4.39 Å². The molecule has 0 atom stereocenters. The summed E-state index contributed by atoms with van der Waals surface area (Å²) in [5.41, 5.74) is -0.519. The van der Waals surface area contributed by atoms with Crippen LogP contribution in [-0.4, -0.2) is 42.0 Å². The van der Waals surface area contributed by atoms with Crippen LogP contribution in [0.1, 0.15) is 0 Å². The Hall–Kier alpha value is -3.42. The van der Waals surface area contributed by atoms with E-state index in [1.807, 2.05) is 4.90 Å². The third kappa shape index (κ3) is 3.38. The van der Waals surface area contributed by atoms with Crippen molar-refractivity contribution in [1.82, 2.24) is 9.88 Å². The first-order chi connectivity index (χ1) is 14.4. The zero-order chi connectivity index (χ0) is 21.4. The Kier molecular flexibility index (Phi) is 5.15. The molecule has 0 aliphatic carbocycles. The quantitative estimate of drug-likeness (QED) is 0.473. The summed E-state index contributed by atoms with van der Waals surface area (Å²) >= 11 is 0. The summed E-state index contributed by atoms with van der Waals surface area (Å²) in [5.74, 6) is -4.06. The third-order valence-electron chi connectivity index (χ3n) is 5.21. The molecule has 30 heavy (non-hydrogen) atoms. The minimum atomic E-state index is -1.06. The minimum Gasteiger partial charge on any atom is -0.367 e. The first-order valence-corrected chi connectivity index (χ1v) is 9.29. The van der Waals surface area contributed by atoms with Crippen LogP contribution in [0.5, 0.6) is 0 Å². The predicted octanol–water partition coefficient (Wildman–Crippen LogP) is 4.29. The molecule has 8 heteroatoms. The number of piperazine rings is 1. The van der Waals surface area contributed by atoms with E-state index in [0.29, 0.717) is 37.9 Å². The number of hydrogen-bond donors (Lipinski definition) is 0. The number of hydrogen-bond acceptors (Lipinski definition) is 3. The lowest BCUT2D eigenvalue weighted by Gasteiger charge is -2.36. The average Bonchev–Trinajstić information content (AvgIpc) is 2.74. The highest BCUT2D eigenvalue weighted by Gasteiger charge is 2.24. The van der Waals surface area contributed by atoms with Gasteiger partial charge in [0.25, 0.3) is 0 Å². The maximum atomic E-state index is 15.2. The fourth-order valence-corrected chi connectivity index (χ4v) is 3.71. The second-order valence-electron chi connectivity index (χ2n) is 6.91. The molecule has 1 aromatic heterocycles. The molecule has 1 fully saturated rings. The highest BCUT2D eigenvalue weighted by molar-refractivity contribution is 5.95. The number of amides is 1. The van der Waals surface area contributed by atoms with Crippen LogP contribution < -0.4 is 4.90 Å². The van der Waals surface area contributed by atoms with Crippen LogP contribution in [-0.2, 0) is 4.79 Å². The molecule has 1 aliphatic heterocycles. The minimum absolute atomic E-state index is 0.114. The van der Waals surface area contributed by atoms with Crippen molar-refractivity contribution < 1.29 is 22.4 Å². The van der Waals surface area contributed by atoms with Crippen molar-refractivity contribution in [2.75, 3.05) is 31.1 Å². The van der Waals surface area contributed by atoms with Crippen LogP contribution in [0.25, 0.3) is 22.0 Å². The number of carbonyl (C=O) groups is 1. The molecule has 0 bridgehead atoms. The first kappa shape index (κ1) is 19.9. The van der Waals surface area contributed by atoms with Gasteiger partial charge in [-0.05, 0) is 30.3 Å². The average molecular weight is 415 g/mol. The number of fused-ring (bicyclic) bond motifs is 1. The van der Waals surface area contributed by atoms with E-state index in [0.717, 1.165) is 18.2 Å². The topological polar surface area (TPSA) is 36.4 Å². The fraction of sp³-hybridized carbons (Fsp3) is 0.182. The summed E-state index contributed by atoms with van der Waals surface area (Å²) in [7, 11) is 0. The molecule has 1 aliphatic rings. The van der Waals surface area contributed by atoms with Crippen molar-refractivity contribution in [3.05, 3.63) is 72.5 Å². The molecule has 0 saturated carbocycles. The molecule has 0 spiro atoms. The molecule has 1 saturated heterocycles. The van der Waals surface area contributed by atoms with E-state index in [9.17, 15) is 18.0 Å². The molecule has 0 unspecified atom stereocenters. The number of nitrogens with zero attached hydrogens (tertiary/aromatic N) is 3. The van der Waals surface area contributed by atoms with Crippen molar-refractivity contribution in [2.24, 2.45) is 0 Å². The highest BCUT2D eigenvalue weighted by Crippen LogP contribution is 2.36. The standard InChI is InChI=1S/C22H17F4N3O/c1-2-19(30)29-9-7-28(8-10-29)18-5-6-27-22-15(18)12-17(25)20(21(22)26)14-4-3-13(23)11-16(14)24/h2-6,11-12H,1,7-10H2. The van der Waals surface area contributed by atoms with Crippen LogP contribution in [0.2, 0.25) is 0 Å². The Balaban J connectivity index is 1.77. The summed E-state index contributed by atoms with van der Waals surface area (Å²) in [4.78, 5) is 19.3. The maximum absolute atomic E-state index is 15.2. The molecule has 0 N–H and O–H groups in total. The number of pyridine rings is 1.